The van der Waals surface area contributed by atoms with Crippen molar-refractivity contribution in [1.29, 1.82) is 0 Å². The number of rotatable bonds is 4. The van der Waals surface area contributed by atoms with Gasteiger partial charge in [0.1, 0.15) is 11.7 Å². The molecular formula is C33H33N5O. The van der Waals surface area contributed by atoms with Crippen molar-refractivity contribution in [2.45, 2.75) is 59.3 Å². The van der Waals surface area contributed by atoms with Crippen molar-refractivity contribution in [2.24, 2.45) is 0 Å². The maximum atomic E-state index is 6.24. The van der Waals surface area contributed by atoms with Crippen LogP contribution in [0.25, 0.3) is 33.0 Å². The lowest BCUT2D eigenvalue weighted by Crippen LogP contribution is -2.49. The summed E-state index contributed by atoms with van der Waals surface area (Å²) in [5, 5.41) is 8.54. The van der Waals surface area contributed by atoms with E-state index in [0.717, 1.165) is 38.8 Å². The normalized spacial score (nSPS) is 15.8. The number of hydrogen-bond acceptors (Lipinski definition) is 5. The molecule has 196 valence electrons. The minimum atomic E-state index is -0.373. The molecular weight excluding hydrogens is 482 g/mol. The molecule has 6 aromatic rings. The number of nitrogens with zero attached hydrogens (tertiary/aromatic N) is 5. The number of pyridine rings is 1. The van der Waals surface area contributed by atoms with Crippen molar-refractivity contribution < 1.29 is 4.42 Å². The molecule has 0 amide bonds. The highest BCUT2D eigenvalue weighted by Crippen LogP contribution is 2.51. The van der Waals surface area contributed by atoms with Gasteiger partial charge in [0.2, 0.25) is 5.71 Å². The molecule has 0 unspecified atom stereocenters. The summed E-state index contributed by atoms with van der Waals surface area (Å²) in [6.07, 6.45) is 0.0186. The Labute approximate surface area is 228 Å². The van der Waals surface area contributed by atoms with E-state index in [9.17, 15) is 0 Å². The van der Waals surface area contributed by atoms with Gasteiger partial charge in [-0.15, -0.1) is 0 Å². The van der Waals surface area contributed by atoms with Gasteiger partial charge in [-0.05, 0) is 89.6 Å². The van der Waals surface area contributed by atoms with E-state index in [-0.39, 0.29) is 17.7 Å². The lowest BCUT2D eigenvalue weighted by Gasteiger charge is -2.42. The first-order chi connectivity index (χ1) is 18.8. The molecule has 0 N–H and O–H groups in total. The third-order valence-electron chi connectivity index (χ3n) is 8.22. The van der Waals surface area contributed by atoms with Crippen molar-refractivity contribution in [1.82, 2.24) is 14.8 Å². The molecule has 6 nitrogen and oxygen atoms in total. The van der Waals surface area contributed by atoms with E-state index < -0.39 is 0 Å². The van der Waals surface area contributed by atoms with Crippen LogP contribution in [0.2, 0.25) is 0 Å². The summed E-state index contributed by atoms with van der Waals surface area (Å²) in [7, 11) is 0. The summed E-state index contributed by atoms with van der Waals surface area (Å²) in [6.45, 7) is 13.3. The molecule has 39 heavy (non-hydrogen) atoms. The molecule has 0 saturated heterocycles. The second-order valence-corrected chi connectivity index (χ2v) is 11.4. The minimum Gasteiger partial charge on any atom is -0.438 e. The van der Waals surface area contributed by atoms with Gasteiger partial charge >= 0.3 is 0 Å². The Morgan fingerprint density at radius 2 is 1.59 bits per heavy atom. The van der Waals surface area contributed by atoms with E-state index in [2.05, 4.69) is 127 Å². The molecule has 0 aliphatic carbocycles. The van der Waals surface area contributed by atoms with Crippen LogP contribution in [0.4, 0.5) is 17.2 Å². The van der Waals surface area contributed by atoms with Crippen molar-refractivity contribution >= 4 is 50.2 Å². The predicted molar refractivity (Wildman–Crippen MR) is 160 cm³/mol. The standard InChI is InChI=1S/C33H33N5O/c1-20(2)38-26-14-8-7-12-23(26)31(35-38)36-22(4)37(28-16-10-9-15-27(28)36)33(5,6)25-13-11-17-29-30(25)24-19-18-21(3)34-32(24)39-29/h7-20,22H,1-6H3/t22-/m1/s1. The maximum Gasteiger partial charge on any atom is 0.227 e. The van der Waals surface area contributed by atoms with Gasteiger partial charge < -0.3 is 14.2 Å². The molecule has 0 saturated carbocycles. The van der Waals surface area contributed by atoms with Crippen molar-refractivity contribution in [2.75, 3.05) is 9.80 Å². The first kappa shape index (κ1) is 23.8. The Hall–Kier alpha value is -4.32. The number of benzene rings is 3. The van der Waals surface area contributed by atoms with Crippen LogP contribution in [0.5, 0.6) is 0 Å². The largest absolute Gasteiger partial charge is 0.438 e. The molecule has 0 fully saturated rings. The summed E-state index contributed by atoms with van der Waals surface area (Å²) in [4.78, 5) is 9.61. The number of aromatic nitrogens is 3. The predicted octanol–water partition coefficient (Wildman–Crippen LogP) is 8.46. The summed E-state index contributed by atoms with van der Waals surface area (Å²) < 4.78 is 8.38. The van der Waals surface area contributed by atoms with E-state index in [1.54, 1.807) is 0 Å². The molecule has 4 heterocycles. The Morgan fingerprint density at radius 1 is 0.846 bits per heavy atom. The number of aryl methyl sites for hydroxylation is 1. The number of para-hydroxylation sites is 3. The zero-order chi connectivity index (χ0) is 27.1. The highest BCUT2D eigenvalue weighted by Gasteiger charge is 2.44. The van der Waals surface area contributed by atoms with Gasteiger partial charge in [-0.1, -0.05) is 36.4 Å². The Bertz CT molecular complexity index is 1880. The zero-order valence-corrected chi connectivity index (χ0v) is 23.3. The van der Waals surface area contributed by atoms with Crippen LogP contribution in [0.15, 0.2) is 83.3 Å². The van der Waals surface area contributed by atoms with Crippen LogP contribution in [0.1, 0.15) is 51.9 Å². The Morgan fingerprint density at radius 3 is 2.38 bits per heavy atom. The molecule has 7 rings (SSSR count). The lowest BCUT2D eigenvalue weighted by atomic mass is 9.88. The first-order valence-electron chi connectivity index (χ1n) is 13.7. The molecule has 0 bridgehead atoms. The van der Waals surface area contributed by atoms with E-state index >= 15 is 0 Å². The smallest absolute Gasteiger partial charge is 0.227 e. The monoisotopic (exact) mass is 515 g/mol. The molecule has 1 atom stereocenters. The van der Waals surface area contributed by atoms with Gasteiger partial charge in [-0.2, -0.15) is 5.10 Å². The number of hydrogen-bond donors (Lipinski definition) is 0. The van der Waals surface area contributed by atoms with Crippen LogP contribution >= 0.6 is 0 Å². The molecule has 3 aromatic heterocycles. The van der Waals surface area contributed by atoms with Crippen molar-refractivity contribution in [3.8, 4) is 0 Å². The quantitative estimate of drug-likeness (QED) is 0.236. The summed E-state index contributed by atoms with van der Waals surface area (Å²) >= 11 is 0. The SMILES string of the molecule is Cc1ccc2c(n1)oc1cccc(C(C)(C)N3c4ccccc4N(c4nn(C(C)C)c5ccccc45)[C@H]3C)c12. The minimum absolute atomic E-state index is 0.0186. The van der Waals surface area contributed by atoms with Crippen LogP contribution < -0.4 is 9.80 Å². The fourth-order valence-electron chi connectivity index (χ4n) is 6.53. The third-order valence-corrected chi connectivity index (χ3v) is 8.22. The van der Waals surface area contributed by atoms with Crippen LogP contribution in [0, 0.1) is 6.92 Å². The molecule has 3 aromatic carbocycles. The van der Waals surface area contributed by atoms with Crippen LogP contribution in [-0.2, 0) is 5.54 Å². The van der Waals surface area contributed by atoms with Gasteiger partial charge in [0.15, 0.2) is 5.82 Å². The topological polar surface area (TPSA) is 50.3 Å². The van der Waals surface area contributed by atoms with Crippen molar-refractivity contribution in [3.05, 3.63) is 90.1 Å². The van der Waals surface area contributed by atoms with Gasteiger partial charge in [0, 0.05) is 27.9 Å². The fourth-order valence-corrected chi connectivity index (χ4v) is 6.53. The molecule has 0 radical (unpaired) electrons. The van der Waals surface area contributed by atoms with E-state index in [1.165, 1.54) is 16.9 Å². The summed E-state index contributed by atoms with van der Waals surface area (Å²) in [5.41, 5.74) is 6.86. The number of fused-ring (bicyclic) bond motifs is 5. The highest BCUT2D eigenvalue weighted by atomic mass is 16.3. The van der Waals surface area contributed by atoms with E-state index in [4.69, 9.17) is 9.52 Å². The number of furan rings is 1. The summed E-state index contributed by atoms with van der Waals surface area (Å²) in [6, 6.07) is 28.1. The van der Waals surface area contributed by atoms with Gasteiger partial charge in [-0.3, -0.25) is 4.68 Å². The summed E-state index contributed by atoms with van der Waals surface area (Å²) in [5.74, 6) is 0.990. The van der Waals surface area contributed by atoms with Gasteiger partial charge in [0.25, 0.3) is 0 Å². The molecule has 1 aliphatic heterocycles. The fraction of sp³-hybridized carbons (Fsp3) is 0.273. The lowest BCUT2D eigenvalue weighted by molar-refractivity contribution is 0.449. The molecule has 1 aliphatic rings. The second-order valence-electron chi connectivity index (χ2n) is 11.4. The van der Waals surface area contributed by atoms with Crippen LogP contribution in [0.3, 0.4) is 0 Å². The van der Waals surface area contributed by atoms with E-state index in [0.29, 0.717) is 5.71 Å². The third kappa shape index (κ3) is 3.33. The molecule has 0 spiro atoms. The second kappa shape index (κ2) is 8.34. The maximum absolute atomic E-state index is 6.24. The van der Waals surface area contributed by atoms with Crippen LogP contribution in [-0.4, -0.2) is 20.9 Å². The highest BCUT2D eigenvalue weighted by molar-refractivity contribution is 6.06. The number of anilines is 3. The van der Waals surface area contributed by atoms with Crippen molar-refractivity contribution in [3.63, 3.8) is 0 Å². The first-order valence-corrected chi connectivity index (χ1v) is 13.7. The van der Waals surface area contributed by atoms with E-state index in [1.807, 2.05) is 13.0 Å². The van der Waals surface area contributed by atoms with Gasteiger partial charge in [-0.25, -0.2) is 4.98 Å². The van der Waals surface area contributed by atoms with Gasteiger partial charge in [0.05, 0.1) is 22.4 Å². The Kier molecular flexibility index (Phi) is 5.08. The molecule has 6 heteroatoms. The average Bonchev–Trinajstić information content (AvgIpc) is 3.57. The zero-order valence-electron chi connectivity index (χ0n) is 23.3. The Balaban J connectivity index is 1.43. The average molecular weight is 516 g/mol.